The first kappa shape index (κ1) is 11.0. The molecular formula is C9H18N4O. The van der Waals surface area contributed by atoms with Crippen molar-refractivity contribution in [1.29, 1.82) is 0 Å². The van der Waals surface area contributed by atoms with Crippen molar-refractivity contribution in [3.8, 4) is 0 Å². The lowest BCUT2D eigenvalue weighted by Gasteiger charge is -2.14. The molecule has 5 nitrogen and oxygen atoms in total. The monoisotopic (exact) mass is 198 g/mol. The summed E-state index contributed by atoms with van der Waals surface area (Å²) in [5.41, 5.74) is 5.40. The van der Waals surface area contributed by atoms with E-state index in [-0.39, 0.29) is 5.69 Å². The van der Waals surface area contributed by atoms with E-state index in [2.05, 4.69) is 29.0 Å². The van der Waals surface area contributed by atoms with Crippen LogP contribution in [0.25, 0.3) is 0 Å². The number of H-pyrrole nitrogens is 2. The summed E-state index contributed by atoms with van der Waals surface area (Å²) in [5, 5.41) is 6.21. The van der Waals surface area contributed by atoms with Crippen LogP contribution >= 0.6 is 0 Å². The van der Waals surface area contributed by atoms with Gasteiger partial charge in [-0.2, -0.15) is 5.10 Å². The number of rotatable bonds is 5. The first-order valence-electron chi connectivity index (χ1n) is 4.95. The quantitative estimate of drug-likeness (QED) is 0.634. The van der Waals surface area contributed by atoms with Crippen LogP contribution in [0.1, 0.15) is 26.1 Å². The Labute approximate surface area is 83.1 Å². The van der Waals surface area contributed by atoms with Crippen LogP contribution in [0.2, 0.25) is 0 Å². The molecule has 0 bridgehead atoms. The highest BCUT2D eigenvalue weighted by Gasteiger charge is 2.11. The number of hydrogen-bond acceptors (Lipinski definition) is 3. The molecule has 4 N–H and O–H groups in total. The fraction of sp³-hybridized carbons (Fsp3) is 0.778. The molecule has 0 radical (unpaired) electrons. The van der Waals surface area contributed by atoms with Gasteiger partial charge in [-0.15, -0.1) is 0 Å². The predicted molar refractivity (Wildman–Crippen MR) is 54.9 cm³/mol. The Morgan fingerprint density at radius 2 is 2.21 bits per heavy atom. The molecule has 14 heavy (non-hydrogen) atoms. The summed E-state index contributed by atoms with van der Waals surface area (Å²) >= 11 is 0. The molecule has 0 aliphatic heterocycles. The fourth-order valence-electron chi connectivity index (χ4n) is 1.60. The van der Waals surface area contributed by atoms with E-state index in [1.165, 1.54) is 0 Å². The minimum Gasteiger partial charge on any atom is -0.330 e. The second kappa shape index (κ2) is 4.95. The van der Waals surface area contributed by atoms with Crippen molar-refractivity contribution in [2.75, 3.05) is 6.54 Å². The molecule has 0 amide bonds. The van der Waals surface area contributed by atoms with Crippen LogP contribution in [-0.4, -0.2) is 21.7 Å². The summed E-state index contributed by atoms with van der Waals surface area (Å²) in [7, 11) is 0. The normalized spacial score (nSPS) is 13.4. The van der Waals surface area contributed by atoms with E-state index in [1.807, 2.05) is 0 Å². The van der Waals surface area contributed by atoms with Gasteiger partial charge in [0.15, 0.2) is 0 Å². The van der Waals surface area contributed by atoms with Crippen LogP contribution < -0.4 is 11.4 Å². The van der Waals surface area contributed by atoms with Gasteiger partial charge in [-0.3, -0.25) is 4.98 Å². The van der Waals surface area contributed by atoms with Gasteiger partial charge in [-0.05, 0) is 24.8 Å². The van der Waals surface area contributed by atoms with Crippen LogP contribution in [-0.2, 0) is 6.42 Å². The van der Waals surface area contributed by atoms with Crippen molar-refractivity contribution in [2.24, 2.45) is 17.6 Å². The van der Waals surface area contributed by atoms with E-state index in [0.29, 0.717) is 24.2 Å². The lowest BCUT2D eigenvalue weighted by molar-refractivity contribution is 0.409. The highest BCUT2D eigenvalue weighted by molar-refractivity contribution is 4.84. The van der Waals surface area contributed by atoms with Gasteiger partial charge in [0.25, 0.3) is 0 Å². The smallest absolute Gasteiger partial charge is 0.330 e. The van der Waals surface area contributed by atoms with Crippen molar-refractivity contribution in [2.45, 2.75) is 26.7 Å². The van der Waals surface area contributed by atoms with Crippen molar-refractivity contribution in [3.05, 3.63) is 16.3 Å². The van der Waals surface area contributed by atoms with Crippen LogP contribution in [0.15, 0.2) is 4.79 Å². The molecule has 1 atom stereocenters. The fourth-order valence-corrected chi connectivity index (χ4v) is 1.60. The summed E-state index contributed by atoms with van der Waals surface area (Å²) in [4.78, 5) is 13.4. The lowest BCUT2D eigenvalue weighted by Crippen LogP contribution is -2.19. The highest BCUT2D eigenvalue weighted by Crippen LogP contribution is 2.13. The summed E-state index contributed by atoms with van der Waals surface area (Å²) < 4.78 is 0. The van der Waals surface area contributed by atoms with Gasteiger partial charge < -0.3 is 5.73 Å². The number of nitrogens with zero attached hydrogens (tertiary/aromatic N) is 1. The molecule has 0 saturated carbocycles. The molecule has 0 aliphatic carbocycles. The number of nitrogens with one attached hydrogen (secondary N) is 2. The molecule has 1 rings (SSSR count). The second-order valence-corrected chi connectivity index (χ2v) is 4.06. The third-order valence-electron chi connectivity index (χ3n) is 2.17. The molecule has 80 valence electrons. The predicted octanol–water partition coefficient (Wildman–Crippen LogP) is 0.262. The Balaban J connectivity index is 2.52. The number of hydrogen-bond donors (Lipinski definition) is 3. The minimum absolute atomic E-state index is 0.250. The van der Waals surface area contributed by atoms with E-state index in [1.54, 1.807) is 0 Å². The van der Waals surface area contributed by atoms with E-state index >= 15 is 0 Å². The maximum Gasteiger partial charge on any atom is 0.340 e. The number of aromatic amines is 2. The summed E-state index contributed by atoms with van der Waals surface area (Å²) in [6.45, 7) is 4.96. The molecule has 1 heterocycles. The Morgan fingerprint density at radius 3 is 2.64 bits per heavy atom. The van der Waals surface area contributed by atoms with Crippen molar-refractivity contribution >= 4 is 0 Å². The Kier molecular flexibility index (Phi) is 3.88. The topological polar surface area (TPSA) is 87.6 Å². The Bertz CT molecular complexity index is 315. The summed E-state index contributed by atoms with van der Waals surface area (Å²) in [6.07, 6.45) is 1.80. The third kappa shape index (κ3) is 3.33. The lowest BCUT2D eigenvalue weighted by atomic mass is 9.94. The maximum atomic E-state index is 10.8. The molecule has 0 aromatic carbocycles. The molecule has 1 aromatic rings. The molecule has 0 unspecified atom stereocenters. The van der Waals surface area contributed by atoms with E-state index < -0.39 is 0 Å². The number of aromatic nitrogens is 3. The molecule has 0 aliphatic rings. The Hall–Kier alpha value is -1.10. The average Bonchev–Trinajstić information content (AvgIpc) is 2.49. The van der Waals surface area contributed by atoms with Crippen LogP contribution in [0, 0.1) is 11.8 Å². The highest BCUT2D eigenvalue weighted by atomic mass is 16.1. The van der Waals surface area contributed by atoms with Crippen molar-refractivity contribution < 1.29 is 0 Å². The van der Waals surface area contributed by atoms with Gasteiger partial charge >= 0.3 is 5.69 Å². The van der Waals surface area contributed by atoms with E-state index in [4.69, 9.17) is 5.73 Å². The number of nitrogens with two attached hydrogens (primary N) is 1. The molecule has 5 heteroatoms. The largest absolute Gasteiger partial charge is 0.340 e. The second-order valence-electron chi connectivity index (χ2n) is 4.06. The first-order valence-corrected chi connectivity index (χ1v) is 4.95. The average molecular weight is 198 g/mol. The molecular weight excluding hydrogens is 180 g/mol. The van der Waals surface area contributed by atoms with Crippen LogP contribution in [0.3, 0.4) is 0 Å². The molecule has 0 spiro atoms. The van der Waals surface area contributed by atoms with Crippen molar-refractivity contribution in [3.63, 3.8) is 0 Å². The minimum atomic E-state index is -0.250. The summed E-state index contributed by atoms with van der Waals surface area (Å²) in [6, 6.07) is 0. The third-order valence-corrected chi connectivity index (χ3v) is 2.17. The van der Waals surface area contributed by atoms with Gasteiger partial charge in [0, 0.05) is 6.42 Å². The Morgan fingerprint density at radius 1 is 1.50 bits per heavy atom. The zero-order valence-corrected chi connectivity index (χ0v) is 8.71. The zero-order chi connectivity index (χ0) is 10.6. The van der Waals surface area contributed by atoms with Crippen LogP contribution in [0.5, 0.6) is 0 Å². The summed E-state index contributed by atoms with van der Waals surface area (Å²) in [5.74, 6) is 1.72. The molecule has 0 fully saturated rings. The first-order chi connectivity index (χ1) is 6.61. The standard InChI is InChI=1S/C9H18N4O/c1-6(2)3-7(5-10)4-8-11-9(14)13-12-8/h6-7H,3-5,10H2,1-2H3,(H2,11,12,13,14)/t7-/m0/s1. The molecule has 0 saturated heterocycles. The van der Waals surface area contributed by atoms with Gasteiger partial charge in [0.05, 0.1) is 0 Å². The van der Waals surface area contributed by atoms with E-state index in [0.717, 1.165) is 12.8 Å². The van der Waals surface area contributed by atoms with Crippen LogP contribution in [0.4, 0.5) is 0 Å². The van der Waals surface area contributed by atoms with Gasteiger partial charge in [0.2, 0.25) is 0 Å². The van der Waals surface area contributed by atoms with Crippen molar-refractivity contribution in [1.82, 2.24) is 15.2 Å². The van der Waals surface area contributed by atoms with Gasteiger partial charge in [-0.1, -0.05) is 13.8 Å². The van der Waals surface area contributed by atoms with Gasteiger partial charge in [0.1, 0.15) is 5.82 Å². The zero-order valence-electron chi connectivity index (χ0n) is 8.71. The van der Waals surface area contributed by atoms with E-state index in [9.17, 15) is 4.79 Å². The molecule has 1 aromatic heterocycles. The van der Waals surface area contributed by atoms with Gasteiger partial charge in [-0.25, -0.2) is 9.89 Å². The maximum absolute atomic E-state index is 10.8. The SMILES string of the molecule is CC(C)C[C@H](CN)Cc1n[nH]c(=O)[nH]1.